The maximum atomic E-state index is 6.36. The SMILES string of the molecule is CCCCCC1NCCOC12CC(C)(C)CC2C. The average molecular weight is 253 g/mol. The molecule has 106 valence electrons. The van der Waals surface area contributed by atoms with Crippen molar-refractivity contribution >= 4 is 0 Å². The van der Waals surface area contributed by atoms with E-state index in [1.54, 1.807) is 0 Å². The van der Waals surface area contributed by atoms with E-state index >= 15 is 0 Å². The third kappa shape index (κ3) is 2.75. The van der Waals surface area contributed by atoms with Gasteiger partial charge in [-0.2, -0.15) is 0 Å². The molecule has 3 unspecified atom stereocenters. The number of ether oxygens (including phenoxy) is 1. The van der Waals surface area contributed by atoms with Gasteiger partial charge in [0.2, 0.25) is 0 Å². The van der Waals surface area contributed by atoms with Crippen molar-refractivity contribution in [3.8, 4) is 0 Å². The molecule has 2 nitrogen and oxygen atoms in total. The molecule has 2 fully saturated rings. The van der Waals surface area contributed by atoms with Crippen LogP contribution in [0.4, 0.5) is 0 Å². The van der Waals surface area contributed by atoms with Gasteiger partial charge in [0.05, 0.1) is 12.2 Å². The summed E-state index contributed by atoms with van der Waals surface area (Å²) in [6, 6.07) is 0.578. The second kappa shape index (κ2) is 5.50. The van der Waals surface area contributed by atoms with Crippen LogP contribution in [0.25, 0.3) is 0 Å². The molecular weight excluding hydrogens is 222 g/mol. The first-order chi connectivity index (χ1) is 8.50. The van der Waals surface area contributed by atoms with Crippen molar-refractivity contribution < 1.29 is 4.74 Å². The van der Waals surface area contributed by atoms with Gasteiger partial charge >= 0.3 is 0 Å². The van der Waals surface area contributed by atoms with Crippen LogP contribution in [0, 0.1) is 11.3 Å². The summed E-state index contributed by atoms with van der Waals surface area (Å²) < 4.78 is 6.36. The van der Waals surface area contributed by atoms with Gasteiger partial charge in [0.25, 0.3) is 0 Å². The predicted octanol–water partition coefficient (Wildman–Crippen LogP) is 3.75. The van der Waals surface area contributed by atoms with Crippen LogP contribution >= 0.6 is 0 Å². The Kier molecular flexibility index (Phi) is 4.38. The average Bonchev–Trinajstić information content (AvgIpc) is 2.52. The van der Waals surface area contributed by atoms with Gasteiger partial charge in [-0.25, -0.2) is 0 Å². The van der Waals surface area contributed by atoms with Crippen LogP contribution in [0.5, 0.6) is 0 Å². The van der Waals surface area contributed by atoms with Crippen LogP contribution in [-0.2, 0) is 4.74 Å². The molecule has 1 saturated heterocycles. The summed E-state index contributed by atoms with van der Waals surface area (Å²) in [5, 5.41) is 3.75. The van der Waals surface area contributed by atoms with E-state index in [2.05, 4.69) is 33.0 Å². The van der Waals surface area contributed by atoms with Gasteiger partial charge < -0.3 is 10.1 Å². The van der Waals surface area contributed by atoms with Crippen LogP contribution in [-0.4, -0.2) is 24.8 Å². The molecule has 18 heavy (non-hydrogen) atoms. The quantitative estimate of drug-likeness (QED) is 0.770. The highest BCUT2D eigenvalue weighted by Gasteiger charge is 2.54. The highest BCUT2D eigenvalue weighted by molar-refractivity contribution is 5.07. The van der Waals surface area contributed by atoms with E-state index in [0.29, 0.717) is 17.4 Å². The molecule has 1 saturated carbocycles. The molecule has 0 aromatic carbocycles. The molecule has 0 amide bonds. The minimum absolute atomic E-state index is 0.121. The fourth-order valence-electron chi connectivity index (χ4n) is 4.35. The van der Waals surface area contributed by atoms with Gasteiger partial charge in [0.1, 0.15) is 0 Å². The lowest BCUT2D eigenvalue weighted by atomic mass is 9.80. The van der Waals surface area contributed by atoms with E-state index in [-0.39, 0.29) is 5.60 Å². The first-order valence-corrected chi connectivity index (χ1v) is 7.87. The highest BCUT2D eigenvalue weighted by Crippen LogP contribution is 2.52. The molecule has 1 heterocycles. The minimum atomic E-state index is 0.121. The molecule has 1 aliphatic carbocycles. The van der Waals surface area contributed by atoms with Crippen molar-refractivity contribution in [1.82, 2.24) is 5.32 Å². The first kappa shape index (κ1) is 14.3. The summed E-state index contributed by atoms with van der Waals surface area (Å²) >= 11 is 0. The van der Waals surface area contributed by atoms with Crippen molar-refractivity contribution in [2.75, 3.05) is 13.2 Å². The number of unbranched alkanes of at least 4 members (excludes halogenated alkanes) is 2. The molecule has 0 radical (unpaired) electrons. The van der Waals surface area contributed by atoms with E-state index in [0.717, 1.165) is 13.2 Å². The fourth-order valence-corrected chi connectivity index (χ4v) is 4.35. The Morgan fingerprint density at radius 3 is 2.67 bits per heavy atom. The predicted molar refractivity (Wildman–Crippen MR) is 76.8 cm³/mol. The summed E-state index contributed by atoms with van der Waals surface area (Å²) in [4.78, 5) is 0. The normalized spacial score (nSPS) is 39.3. The van der Waals surface area contributed by atoms with Crippen molar-refractivity contribution in [1.29, 1.82) is 0 Å². The van der Waals surface area contributed by atoms with E-state index in [1.807, 2.05) is 0 Å². The Morgan fingerprint density at radius 1 is 1.28 bits per heavy atom. The molecule has 1 spiro atoms. The number of rotatable bonds is 4. The standard InChI is InChI=1S/C16H31NO/c1-5-6-7-8-14-16(18-10-9-17-14)12-15(3,4)11-13(16)2/h13-14,17H,5-12H2,1-4H3. The zero-order valence-corrected chi connectivity index (χ0v) is 12.7. The Hall–Kier alpha value is -0.0800. The van der Waals surface area contributed by atoms with Crippen LogP contribution in [0.1, 0.15) is 66.2 Å². The molecule has 2 aliphatic rings. The van der Waals surface area contributed by atoms with Gasteiger partial charge in [0, 0.05) is 12.6 Å². The highest BCUT2D eigenvalue weighted by atomic mass is 16.5. The van der Waals surface area contributed by atoms with Crippen molar-refractivity contribution in [3.05, 3.63) is 0 Å². The molecule has 2 heteroatoms. The topological polar surface area (TPSA) is 21.3 Å². The molecule has 1 N–H and O–H groups in total. The summed E-state index contributed by atoms with van der Waals surface area (Å²) in [7, 11) is 0. The molecule has 2 rings (SSSR count). The number of hydrogen-bond donors (Lipinski definition) is 1. The second-order valence-electron chi connectivity index (χ2n) is 7.25. The number of morpholine rings is 1. The smallest absolute Gasteiger partial charge is 0.0865 e. The zero-order valence-electron chi connectivity index (χ0n) is 12.7. The van der Waals surface area contributed by atoms with Crippen molar-refractivity contribution in [2.24, 2.45) is 11.3 Å². The van der Waals surface area contributed by atoms with Crippen molar-refractivity contribution in [2.45, 2.75) is 77.9 Å². The van der Waals surface area contributed by atoms with Crippen molar-refractivity contribution in [3.63, 3.8) is 0 Å². The summed E-state index contributed by atoms with van der Waals surface area (Å²) in [6.45, 7) is 11.4. The van der Waals surface area contributed by atoms with Crippen LogP contribution in [0.2, 0.25) is 0 Å². The molecule has 0 aromatic heterocycles. The molecule has 0 aromatic rings. The molecule has 1 aliphatic heterocycles. The van der Waals surface area contributed by atoms with Crippen LogP contribution < -0.4 is 5.32 Å². The lowest BCUT2D eigenvalue weighted by Crippen LogP contribution is -2.59. The fraction of sp³-hybridized carbons (Fsp3) is 1.00. The van der Waals surface area contributed by atoms with E-state index in [4.69, 9.17) is 4.74 Å². The summed E-state index contributed by atoms with van der Waals surface area (Å²) in [5.74, 6) is 0.687. The minimum Gasteiger partial charge on any atom is -0.372 e. The van der Waals surface area contributed by atoms with Crippen LogP contribution in [0.15, 0.2) is 0 Å². The Balaban J connectivity index is 2.06. The first-order valence-electron chi connectivity index (χ1n) is 7.87. The lowest BCUT2D eigenvalue weighted by molar-refractivity contribution is -0.122. The Morgan fingerprint density at radius 2 is 2.06 bits per heavy atom. The van der Waals surface area contributed by atoms with E-state index < -0.39 is 0 Å². The largest absolute Gasteiger partial charge is 0.372 e. The third-order valence-electron chi connectivity index (χ3n) is 5.00. The van der Waals surface area contributed by atoms with Gasteiger partial charge in [-0.15, -0.1) is 0 Å². The maximum Gasteiger partial charge on any atom is 0.0865 e. The van der Waals surface area contributed by atoms with Gasteiger partial charge in [-0.05, 0) is 30.6 Å². The summed E-state index contributed by atoms with van der Waals surface area (Å²) in [6.07, 6.45) is 7.82. The monoisotopic (exact) mass is 253 g/mol. The second-order valence-corrected chi connectivity index (χ2v) is 7.25. The zero-order chi connectivity index (χ0) is 13.2. The molecular formula is C16H31NO. The number of nitrogens with one attached hydrogen (secondary N) is 1. The van der Waals surface area contributed by atoms with Crippen LogP contribution in [0.3, 0.4) is 0 Å². The lowest BCUT2D eigenvalue weighted by Gasteiger charge is -2.46. The van der Waals surface area contributed by atoms with Gasteiger partial charge in [0.15, 0.2) is 0 Å². The van der Waals surface area contributed by atoms with Gasteiger partial charge in [-0.3, -0.25) is 0 Å². The van der Waals surface area contributed by atoms with E-state index in [9.17, 15) is 0 Å². The van der Waals surface area contributed by atoms with Gasteiger partial charge in [-0.1, -0.05) is 47.0 Å². The maximum absolute atomic E-state index is 6.36. The third-order valence-corrected chi connectivity index (χ3v) is 5.00. The Labute approximate surface area is 113 Å². The summed E-state index contributed by atoms with van der Waals surface area (Å²) in [5.41, 5.74) is 0.566. The Bertz CT molecular complexity index is 276. The number of hydrogen-bond acceptors (Lipinski definition) is 2. The molecule has 0 bridgehead atoms. The van der Waals surface area contributed by atoms with E-state index in [1.165, 1.54) is 38.5 Å². The molecule has 3 atom stereocenters.